The molecule has 3 aromatic rings. The normalized spacial score (nSPS) is 10.8. The van der Waals surface area contributed by atoms with Crippen LogP contribution in [0.3, 0.4) is 0 Å². The van der Waals surface area contributed by atoms with Gasteiger partial charge in [-0.15, -0.1) is 0 Å². The van der Waals surface area contributed by atoms with Gasteiger partial charge in [0, 0.05) is 18.4 Å². The van der Waals surface area contributed by atoms with Crippen LogP contribution in [0, 0.1) is 6.92 Å². The summed E-state index contributed by atoms with van der Waals surface area (Å²) in [6.45, 7) is 2.88. The lowest BCUT2D eigenvalue weighted by Gasteiger charge is -2.07. The Balaban J connectivity index is 1.74. The van der Waals surface area contributed by atoms with Crippen LogP contribution in [0.2, 0.25) is 0 Å². The van der Waals surface area contributed by atoms with Crippen LogP contribution in [0.1, 0.15) is 11.3 Å². The first-order valence-corrected chi connectivity index (χ1v) is 6.42. The molecule has 2 aromatic heterocycles. The first-order valence-electron chi connectivity index (χ1n) is 6.42. The Bertz CT molecular complexity index is 673. The number of anilines is 1. The summed E-state index contributed by atoms with van der Waals surface area (Å²) in [5.41, 5.74) is 3.33. The topological polar surface area (TPSA) is 53.6 Å². The first kappa shape index (κ1) is 11.7. The Hall–Kier alpha value is -2.36. The lowest BCUT2D eigenvalue weighted by atomic mass is 10.1. The van der Waals surface area contributed by atoms with Crippen LogP contribution >= 0.6 is 0 Å². The quantitative estimate of drug-likeness (QED) is 0.750. The van der Waals surface area contributed by atoms with Crippen molar-refractivity contribution in [2.45, 2.75) is 13.3 Å². The maximum Gasteiger partial charge on any atom is 0.137 e. The van der Waals surface area contributed by atoms with Gasteiger partial charge in [-0.3, -0.25) is 5.10 Å². The number of aromatic nitrogens is 3. The number of rotatable bonds is 4. The van der Waals surface area contributed by atoms with E-state index in [1.165, 1.54) is 5.56 Å². The van der Waals surface area contributed by atoms with Gasteiger partial charge in [-0.25, -0.2) is 4.98 Å². The first-order chi connectivity index (χ1) is 9.34. The number of pyridine rings is 1. The van der Waals surface area contributed by atoms with Gasteiger partial charge >= 0.3 is 0 Å². The third-order valence-electron chi connectivity index (χ3n) is 3.20. The van der Waals surface area contributed by atoms with Gasteiger partial charge in [0.2, 0.25) is 0 Å². The number of nitrogens with one attached hydrogen (secondary N) is 2. The summed E-state index contributed by atoms with van der Waals surface area (Å²) in [6, 6.07) is 12.4. The molecule has 3 rings (SSSR count). The van der Waals surface area contributed by atoms with Gasteiger partial charge in [0.25, 0.3) is 0 Å². The molecule has 0 saturated carbocycles. The maximum absolute atomic E-state index is 4.40. The highest BCUT2D eigenvalue weighted by atomic mass is 15.1. The second-order valence-electron chi connectivity index (χ2n) is 4.56. The predicted octanol–water partition coefficient (Wildman–Crippen LogP) is 2.92. The Kier molecular flexibility index (Phi) is 3.14. The number of fused-ring (bicyclic) bond motifs is 1. The van der Waals surface area contributed by atoms with Crippen molar-refractivity contribution in [3.63, 3.8) is 0 Å². The Labute approximate surface area is 111 Å². The van der Waals surface area contributed by atoms with Crippen molar-refractivity contribution in [3.05, 3.63) is 53.9 Å². The highest BCUT2D eigenvalue weighted by Gasteiger charge is 2.07. The molecule has 4 heteroatoms. The Morgan fingerprint density at radius 3 is 2.84 bits per heavy atom. The summed E-state index contributed by atoms with van der Waals surface area (Å²) < 4.78 is 0. The Morgan fingerprint density at radius 1 is 1.16 bits per heavy atom. The molecule has 0 atom stereocenters. The third-order valence-corrected chi connectivity index (χ3v) is 3.20. The number of aromatic amines is 1. The number of hydrogen-bond acceptors (Lipinski definition) is 3. The third kappa shape index (κ3) is 2.42. The standard InChI is InChI=1S/C15H16N4/c1-11-14-13(19-18-11)8-10-17-15(14)16-9-7-12-5-3-2-4-6-12/h2-6,8,10H,7,9H2,1H3,(H,16,17)(H,18,19). The molecule has 0 saturated heterocycles. The summed E-state index contributed by atoms with van der Waals surface area (Å²) in [5, 5.41) is 11.7. The summed E-state index contributed by atoms with van der Waals surface area (Å²) in [6.07, 6.45) is 2.77. The fraction of sp³-hybridized carbons (Fsp3) is 0.200. The van der Waals surface area contributed by atoms with E-state index >= 15 is 0 Å². The van der Waals surface area contributed by atoms with Crippen molar-refractivity contribution >= 4 is 16.7 Å². The van der Waals surface area contributed by atoms with E-state index in [4.69, 9.17) is 0 Å². The monoisotopic (exact) mass is 252 g/mol. The summed E-state index contributed by atoms with van der Waals surface area (Å²) in [7, 11) is 0. The van der Waals surface area contributed by atoms with E-state index < -0.39 is 0 Å². The van der Waals surface area contributed by atoms with Crippen molar-refractivity contribution < 1.29 is 0 Å². The van der Waals surface area contributed by atoms with Crippen molar-refractivity contribution in [2.24, 2.45) is 0 Å². The van der Waals surface area contributed by atoms with Gasteiger partial charge in [0.05, 0.1) is 10.9 Å². The number of nitrogens with zero attached hydrogens (tertiary/aromatic N) is 2. The molecular formula is C15H16N4. The van der Waals surface area contributed by atoms with Gasteiger partial charge in [0.15, 0.2) is 0 Å². The molecule has 2 heterocycles. The van der Waals surface area contributed by atoms with Crippen LogP contribution in [0.25, 0.3) is 10.9 Å². The zero-order valence-corrected chi connectivity index (χ0v) is 10.9. The van der Waals surface area contributed by atoms with Crippen LogP contribution in [-0.4, -0.2) is 21.7 Å². The highest BCUT2D eigenvalue weighted by molar-refractivity contribution is 5.91. The van der Waals surface area contributed by atoms with E-state index in [1.807, 2.05) is 19.1 Å². The fourth-order valence-corrected chi connectivity index (χ4v) is 2.22. The minimum Gasteiger partial charge on any atom is -0.369 e. The molecule has 0 aliphatic heterocycles. The molecule has 2 N–H and O–H groups in total. The van der Waals surface area contributed by atoms with Crippen LogP contribution < -0.4 is 5.32 Å². The number of benzene rings is 1. The fourth-order valence-electron chi connectivity index (χ4n) is 2.22. The van der Waals surface area contributed by atoms with Crippen molar-refractivity contribution in [2.75, 3.05) is 11.9 Å². The van der Waals surface area contributed by atoms with Crippen molar-refractivity contribution in [3.8, 4) is 0 Å². The number of H-pyrrole nitrogens is 1. The predicted molar refractivity (Wildman–Crippen MR) is 77.3 cm³/mol. The molecule has 1 aromatic carbocycles. The van der Waals surface area contributed by atoms with Gasteiger partial charge in [-0.2, -0.15) is 5.10 Å². The van der Waals surface area contributed by atoms with Crippen LogP contribution in [0.5, 0.6) is 0 Å². The van der Waals surface area contributed by atoms with E-state index in [-0.39, 0.29) is 0 Å². The molecule has 96 valence electrons. The molecule has 0 amide bonds. The molecular weight excluding hydrogens is 236 g/mol. The SMILES string of the molecule is Cc1[nH]nc2ccnc(NCCc3ccccc3)c12. The molecule has 0 aliphatic carbocycles. The van der Waals surface area contributed by atoms with E-state index in [2.05, 4.69) is 44.8 Å². The Morgan fingerprint density at radius 2 is 2.00 bits per heavy atom. The van der Waals surface area contributed by atoms with E-state index in [0.717, 1.165) is 35.4 Å². The lowest BCUT2D eigenvalue weighted by Crippen LogP contribution is -2.06. The average molecular weight is 252 g/mol. The van der Waals surface area contributed by atoms with Crippen LogP contribution in [0.4, 0.5) is 5.82 Å². The molecule has 4 nitrogen and oxygen atoms in total. The molecule has 0 spiro atoms. The molecule has 0 radical (unpaired) electrons. The number of hydrogen-bond donors (Lipinski definition) is 2. The van der Waals surface area contributed by atoms with Gasteiger partial charge in [-0.05, 0) is 25.0 Å². The molecule has 0 fully saturated rings. The average Bonchev–Trinajstić information content (AvgIpc) is 2.83. The van der Waals surface area contributed by atoms with Gasteiger partial charge in [-0.1, -0.05) is 30.3 Å². The molecule has 0 bridgehead atoms. The van der Waals surface area contributed by atoms with E-state index in [1.54, 1.807) is 6.20 Å². The van der Waals surface area contributed by atoms with Gasteiger partial charge in [0.1, 0.15) is 5.82 Å². The molecule has 0 aliphatic rings. The minimum absolute atomic E-state index is 0.862. The highest BCUT2D eigenvalue weighted by Crippen LogP contribution is 2.21. The second kappa shape index (κ2) is 5.10. The smallest absolute Gasteiger partial charge is 0.137 e. The van der Waals surface area contributed by atoms with Crippen LogP contribution in [-0.2, 0) is 6.42 Å². The summed E-state index contributed by atoms with van der Waals surface area (Å²) in [4.78, 5) is 4.40. The summed E-state index contributed by atoms with van der Waals surface area (Å²) in [5.74, 6) is 0.902. The van der Waals surface area contributed by atoms with Crippen molar-refractivity contribution in [1.29, 1.82) is 0 Å². The van der Waals surface area contributed by atoms with E-state index in [9.17, 15) is 0 Å². The zero-order chi connectivity index (χ0) is 13.1. The molecule has 19 heavy (non-hydrogen) atoms. The molecule has 0 unspecified atom stereocenters. The minimum atomic E-state index is 0.862. The number of aryl methyl sites for hydroxylation is 1. The summed E-state index contributed by atoms with van der Waals surface area (Å²) >= 11 is 0. The largest absolute Gasteiger partial charge is 0.369 e. The maximum atomic E-state index is 4.40. The zero-order valence-electron chi connectivity index (χ0n) is 10.9. The van der Waals surface area contributed by atoms with Crippen LogP contribution in [0.15, 0.2) is 42.6 Å². The second-order valence-corrected chi connectivity index (χ2v) is 4.56. The van der Waals surface area contributed by atoms with Gasteiger partial charge < -0.3 is 5.32 Å². The van der Waals surface area contributed by atoms with E-state index in [0.29, 0.717) is 0 Å². The van der Waals surface area contributed by atoms with Crippen molar-refractivity contribution in [1.82, 2.24) is 15.2 Å². The lowest BCUT2D eigenvalue weighted by molar-refractivity contribution is 1.01.